The van der Waals surface area contributed by atoms with Crippen LogP contribution in [0.5, 0.6) is 0 Å². The molecule has 82 valence electrons. The van der Waals surface area contributed by atoms with Gasteiger partial charge in [-0.2, -0.15) is 0 Å². The molecule has 0 bridgehead atoms. The third kappa shape index (κ3) is 2.26. The van der Waals surface area contributed by atoms with E-state index < -0.39 is 5.67 Å². The first-order valence-corrected chi connectivity index (χ1v) is 5.74. The molecule has 2 nitrogen and oxygen atoms in total. The van der Waals surface area contributed by atoms with E-state index in [1.165, 1.54) is 0 Å². The van der Waals surface area contributed by atoms with Crippen LogP contribution >= 0.6 is 0 Å². The Morgan fingerprint density at radius 3 is 2.71 bits per heavy atom. The Balaban J connectivity index is 1.75. The van der Waals surface area contributed by atoms with Crippen molar-refractivity contribution < 1.29 is 9.13 Å². The summed E-state index contributed by atoms with van der Waals surface area (Å²) in [6.07, 6.45) is 4.85. The SMILES string of the molecule is CC1OCCC1NCC1(F)CCCC1. The van der Waals surface area contributed by atoms with Crippen molar-refractivity contribution in [2.24, 2.45) is 0 Å². The lowest BCUT2D eigenvalue weighted by Gasteiger charge is -2.23. The fraction of sp³-hybridized carbons (Fsp3) is 1.00. The van der Waals surface area contributed by atoms with Crippen LogP contribution in [-0.4, -0.2) is 31.0 Å². The van der Waals surface area contributed by atoms with Crippen molar-refractivity contribution in [1.82, 2.24) is 5.32 Å². The number of halogens is 1. The van der Waals surface area contributed by atoms with Crippen molar-refractivity contribution in [3.8, 4) is 0 Å². The largest absolute Gasteiger partial charge is 0.377 e. The van der Waals surface area contributed by atoms with Gasteiger partial charge < -0.3 is 10.1 Å². The van der Waals surface area contributed by atoms with Gasteiger partial charge in [0.2, 0.25) is 0 Å². The average molecular weight is 201 g/mol. The monoisotopic (exact) mass is 201 g/mol. The molecule has 1 aliphatic carbocycles. The summed E-state index contributed by atoms with van der Waals surface area (Å²) < 4.78 is 19.4. The lowest BCUT2D eigenvalue weighted by atomic mass is 10.0. The van der Waals surface area contributed by atoms with Crippen molar-refractivity contribution in [1.29, 1.82) is 0 Å². The van der Waals surface area contributed by atoms with Crippen LogP contribution in [0.3, 0.4) is 0 Å². The summed E-state index contributed by atoms with van der Waals surface area (Å²) in [6.45, 7) is 3.40. The molecule has 2 rings (SSSR count). The molecular formula is C11H20FNO. The van der Waals surface area contributed by atoms with E-state index in [0.29, 0.717) is 12.6 Å². The van der Waals surface area contributed by atoms with E-state index in [4.69, 9.17) is 4.74 Å². The Kier molecular flexibility index (Phi) is 3.07. The second-order valence-electron chi connectivity index (χ2n) is 4.71. The lowest BCUT2D eigenvalue weighted by Crippen LogP contribution is -2.43. The standard InChI is InChI=1S/C11H20FNO/c1-9-10(4-7-14-9)13-8-11(12)5-2-3-6-11/h9-10,13H,2-8H2,1H3. The maximum atomic E-state index is 14.0. The van der Waals surface area contributed by atoms with Crippen LogP contribution in [0.1, 0.15) is 39.0 Å². The van der Waals surface area contributed by atoms with Crippen LogP contribution in [0.25, 0.3) is 0 Å². The Labute approximate surface area is 85.2 Å². The number of rotatable bonds is 3. The normalized spacial score (nSPS) is 36.4. The Morgan fingerprint density at radius 2 is 2.14 bits per heavy atom. The van der Waals surface area contributed by atoms with Gasteiger partial charge in [0, 0.05) is 19.2 Å². The number of nitrogens with one attached hydrogen (secondary N) is 1. The first-order chi connectivity index (χ1) is 6.70. The molecular weight excluding hydrogens is 181 g/mol. The zero-order valence-corrected chi connectivity index (χ0v) is 8.89. The summed E-state index contributed by atoms with van der Waals surface area (Å²) in [5, 5.41) is 3.31. The smallest absolute Gasteiger partial charge is 0.123 e. The van der Waals surface area contributed by atoms with Gasteiger partial charge in [0.05, 0.1) is 6.10 Å². The molecule has 1 aliphatic heterocycles. The first kappa shape index (κ1) is 10.4. The minimum atomic E-state index is -0.928. The first-order valence-electron chi connectivity index (χ1n) is 5.74. The molecule has 0 aromatic rings. The summed E-state index contributed by atoms with van der Waals surface area (Å²) in [4.78, 5) is 0. The molecule has 1 heterocycles. The molecule has 0 radical (unpaired) electrons. The van der Waals surface area contributed by atoms with E-state index in [0.717, 1.165) is 38.7 Å². The number of ether oxygens (including phenoxy) is 1. The van der Waals surface area contributed by atoms with Crippen LogP contribution in [-0.2, 0) is 4.74 Å². The highest BCUT2D eigenvalue weighted by atomic mass is 19.1. The van der Waals surface area contributed by atoms with Gasteiger partial charge in [-0.25, -0.2) is 4.39 Å². The minimum absolute atomic E-state index is 0.250. The maximum absolute atomic E-state index is 14.0. The van der Waals surface area contributed by atoms with Crippen LogP contribution in [0, 0.1) is 0 Å². The van der Waals surface area contributed by atoms with E-state index in [2.05, 4.69) is 12.2 Å². The molecule has 0 amide bonds. The summed E-state index contributed by atoms with van der Waals surface area (Å²) in [5.74, 6) is 0. The maximum Gasteiger partial charge on any atom is 0.123 e. The molecule has 2 aliphatic rings. The van der Waals surface area contributed by atoms with E-state index in [1.807, 2.05) is 0 Å². The molecule has 1 saturated heterocycles. The average Bonchev–Trinajstić information content (AvgIpc) is 2.73. The fourth-order valence-corrected chi connectivity index (χ4v) is 2.50. The van der Waals surface area contributed by atoms with Crippen LogP contribution in [0.2, 0.25) is 0 Å². The lowest BCUT2D eigenvalue weighted by molar-refractivity contribution is 0.104. The van der Waals surface area contributed by atoms with Crippen molar-refractivity contribution >= 4 is 0 Å². The van der Waals surface area contributed by atoms with Crippen LogP contribution in [0.15, 0.2) is 0 Å². The predicted molar refractivity (Wildman–Crippen MR) is 54.1 cm³/mol. The van der Waals surface area contributed by atoms with Gasteiger partial charge in [-0.05, 0) is 26.2 Å². The highest BCUT2D eigenvalue weighted by Gasteiger charge is 2.35. The van der Waals surface area contributed by atoms with Gasteiger partial charge in [-0.15, -0.1) is 0 Å². The molecule has 2 fully saturated rings. The molecule has 2 unspecified atom stereocenters. The Hall–Kier alpha value is -0.150. The third-order valence-corrected chi connectivity index (χ3v) is 3.56. The molecule has 0 spiro atoms. The van der Waals surface area contributed by atoms with Crippen molar-refractivity contribution in [3.05, 3.63) is 0 Å². The molecule has 2 atom stereocenters. The number of alkyl halides is 1. The molecule has 0 aromatic heterocycles. The molecule has 1 N–H and O–H groups in total. The van der Waals surface area contributed by atoms with Gasteiger partial charge in [0.15, 0.2) is 0 Å². The van der Waals surface area contributed by atoms with E-state index in [9.17, 15) is 4.39 Å². The summed E-state index contributed by atoms with van der Waals surface area (Å²) in [7, 11) is 0. The zero-order valence-electron chi connectivity index (χ0n) is 8.89. The Morgan fingerprint density at radius 1 is 1.43 bits per heavy atom. The highest BCUT2D eigenvalue weighted by molar-refractivity contribution is 4.90. The molecule has 0 aromatic carbocycles. The summed E-state index contributed by atoms with van der Waals surface area (Å²) in [6, 6.07) is 0.364. The highest BCUT2D eigenvalue weighted by Crippen LogP contribution is 2.33. The quantitative estimate of drug-likeness (QED) is 0.754. The van der Waals surface area contributed by atoms with Crippen molar-refractivity contribution in [2.75, 3.05) is 13.2 Å². The number of hydrogen-bond acceptors (Lipinski definition) is 2. The second kappa shape index (κ2) is 4.15. The number of hydrogen-bond donors (Lipinski definition) is 1. The predicted octanol–water partition coefficient (Wildman–Crippen LogP) is 2.04. The van der Waals surface area contributed by atoms with Crippen molar-refractivity contribution in [2.45, 2.75) is 56.8 Å². The van der Waals surface area contributed by atoms with E-state index in [1.54, 1.807) is 0 Å². The van der Waals surface area contributed by atoms with Crippen LogP contribution < -0.4 is 5.32 Å². The van der Waals surface area contributed by atoms with Crippen LogP contribution in [0.4, 0.5) is 4.39 Å². The van der Waals surface area contributed by atoms with Gasteiger partial charge in [0.1, 0.15) is 5.67 Å². The second-order valence-corrected chi connectivity index (χ2v) is 4.71. The van der Waals surface area contributed by atoms with Gasteiger partial charge >= 0.3 is 0 Å². The molecule has 1 saturated carbocycles. The third-order valence-electron chi connectivity index (χ3n) is 3.56. The van der Waals surface area contributed by atoms with Gasteiger partial charge in [-0.3, -0.25) is 0 Å². The van der Waals surface area contributed by atoms with E-state index in [-0.39, 0.29) is 6.10 Å². The Bertz CT molecular complexity index is 192. The van der Waals surface area contributed by atoms with Gasteiger partial charge in [0.25, 0.3) is 0 Å². The minimum Gasteiger partial charge on any atom is -0.377 e. The molecule has 14 heavy (non-hydrogen) atoms. The summed E-state index contributed by atoms with van der Waals surface area (Å²) in [5.41, 5.74) is -0.928. The van der Waals surface area contributed by atoms with Crippen molar-refractivity contribution in [3.63, 3.8) is 0 Å². The zero-order chi connectivity index (χ0) is 10.0. The topological polar surface area (TPSA) is 21.3 Å². The van der Waals surface area contributed by atoms with Gasteiger partial charge in [-0.1, -0.05) is 12.8 Å². The fourth-order valence-electron chi connectivity index (χ4n) is 2.50. The summed E-state index contributed by atoms with van der Waals surface area (Å²) >= 11 is 0. The molecule has 3 heteroatoms. The van der Waals surface area contributed by atoms with E-state index >= 15 is 0 Å².